The van der Waals surface area contributed by atoms with Crippen molar-refractivity contribution in [1.82, 2.24) is 9.97 Å². The van der Waals surface area contributed by atoms with Gasteiger partial charge < -0.3 is 14.2 Å². The normalized spacial score (nSPS) is 10.7. The first kappa shape index (κ1) is 21.6. The van der Waals surface area contributed by atoms with Crippen molar-refractivity contribution >= 4 is 32.6 Å². The van der Waals surface area contributed by atoms with Crippen LogP contribution in [0.1, 0.15) is 23.0 Å². The Balaban J connectivity index is 1.79. The maximum Gasteiger partial charge on any atom is 0.264 e. The van der Waals surface area contributed by atoms with Gasteiger partial charge in [0.1, 0.15) is 17.2 Å². The van der Waals surface area contributed by atoms with Crippen LogP contribution in [0.25, 0.3) is 10.2 Å². The van der Waals surface area contributed by atoms with Crippen molar-refractivity contribution in [2.75, 3.05) is 25.7 Å². The molecule has 32 heavy (non-hydrogen) atoms. The molecule has 0 saturated carbocycles. The third-order valence-electron chi connectivity index (χ3n) is 4.82. The molecule has 0 bridgehead atoms. The zero-order valence-electron chi connectivity index (χ0n) is 18.1. The summed E-state index contributed by atoms with van der Waals surface area (Å²) in [6.07, 6.45) is 1.71. The first-order valence-electron chi connectivity index (χ1n) is 10.1. The minimum absolute atomic E-state index is 0.254. The fraction of sp³-hybridized carbons (Fsp3) is 0.208. The number of fused-ring (bicyclic) bond motifs is 1. The quantitative estimate of drug-likeness (QED) is 0.379. The van der Waals surface area contributed by atoms with E-state index < -0.39 is 0 Å². The molecule has 7 nitrogen and oxygen atoms in total. The van der Waals surface area contributed by atoms with Gasteiger partial charge in [0.05, 0.1) is 48.8 Å². The van der Waals surface area contributed by atoms with Gasteiger partial charge in [0.15, 0.2) is 5.13 Å². The highest BCUT2D eigenvalue weighted by Crippen LogP contribution is 2.34. The van der Waals surface area contributed by atoms with Crippen LogP contribution in [0.4, 0.5) is 5.13 Å². The number of ether oxygens (including phenoxy) is 3. The maximum absolute atomic E-state index is 13.7. The summed E-state index contributed by atoms with van der Waals surface area (Å²) in [7, 11) is 3.10. The Hall–Kier alpha value is -3.65. The van der Waals surface area contributed by atoms with Gasteiger partial charge in [-0.25, -0.2) is 4.98 Å². The van der Waals surface area contributed by atoms with E-state index in [-0.39, 0.29) is 12.5 Å². The molecule has 0 unspecified atom stereocenters. The summed E-state index contributed by atoms with van der Waals surface area (Å²) in [4.78, 5) is 24.5. The van der Waals surface area contributed by atoms with Gasteiger partial charge in [0, 0.05) is 6.20 Å². The van der Waals surface area contributed by atoms with Crippen LogP contribution in [0, 0.1) is 0 Å². The lowest BCUT2D eigenvalue weighted by molar-refractivity contribution is 0.0981. The molecule has 0 saturated heterocycles. The molecule has 0 fully saturated rings. The standard InChI is InChI=1S/C24H23N3O4S/c1-4-31-18-8-10-20-22(14-18)32-24(26-20)27(15-16-7-5-6-12-25-16)23(28)19-13-17(29-2)9-11-21(19)30-3/h5-14H,4,15H2,1-3H3. The second-order valence-corrected chi connectivity index (χ2v) is 7.85. The largest absolute Gasteiger partial charge is 0.497 e. The van der Waals surface area contributed by atoms with E-state index in [9.17, 15) is 4.79 Å². The average molecular weight is 450 g/mol. The minimum Gasteiger partial charge on any atom is -0.497 e. The fourth-order valence-corrected chi connectivity index (χ4v) is 4.26. The van der Waals surface area contributed by atoms with Crippen LogP contribution in [0.3, 0.4) is 0 Å². The zero-order chi connectivity index (χ0) is 22.5. The molecule has 0 N–H and O–H groups in total. The number of nitrogens with zero attached hydrogens (tertiary/aromatic N) is 3. The highest BCUT2D eigenvalue weighted by Gasteiger charge is 2.25. The number of hydrogen-bond acceptors (Lipinski definition) is 7. The van der Waals surface area contributed by atoms with E-state index in [1.807, 2.05) is 43.3 Å². The molecule has 2 heterocycles. The predicted molar refractivity (Wildman–Crippen MR) is 125 cm³/mol. The monoisotopic (exact) mass is 449 g/mol. The maximum atomic E-state index is 13.7. The van der Waals surface area contributed by atoms with Gasteiger partial charge in [-0.15, -0.1) is 0 Å². The fourth-order valence-electron chi connectivity index (χ4n) is 3.27. The Labute approximate surface area is 190 Å². The molecule has 0 radical (unpaired) electrons. The number of amides is 1. The molecule has 2 aromatic carbocycles. The van der Waals surface area contributed by atoms with Crippen LogP contribution in [0.15, 0.2) is 60.8 Å². The Bertz CT molecular complexity index is 1230. The molecular weight excluding hydrogens is 426 g/mol. The topological polar surface area (TPSA) is 73.8 Å². The molecule has 4 aromatic rings. The molecule has 0 spiro atoms. The smallest absolute Gasteiger partial charge is 0.264 e. The molecule has 2 aromatic heterocycles. The van der Waals surface area contributed by atoms with Gasteiger partial charge in [-0.2, -0.15) is 0 Å². The van der Waals surface area contributed by atoms with Crippen molar-refractivity contribution in [2.45, 2.75) is 13.5 Å². The third kappa shape index (κ3) is 4.50. The van der Waals surface area contributed by atoms with E-state index in [1.165, 1.54) is 18.4 Å². The van der Waals surface area contributed by atoms with Crippen molar-refractivity contribution in [3.05, 3.63) is 72.1 Å². The molecule has 0 atom stereocenters. The Morgan fingerprint density at radius 1 is 1.03 bits per heavy atom. The summed E-state index contributed by atoms with van der Waals surface area (Å²) >= 11 is 1.43. The summed E-state index contributed by atoms with van der Waals surface area (Å²) in [5, 5.41) is 0.564. The second-order valence-electron chi connectivity index (χ2n) is 6.84. The number of carbonyl (C=O) groups is 1. The molecular formula is C24H23N3O4S. The zero-order valence-corrected chi connectivity index (χ0v) is 18.9. The Morgan fingerprint density at radius 2 is 1.88 bits per heavy atom. The third-order valence-corrected chi connectivity index (χ3v) is 5.86. The molecule has 8 heteroatoms. The predicted octanol–water partition coefficient (Wildman–Crippen LogP) is 4.95. The van der Waals surface area contributed by atoms with E-state index >= 15 is 0 Å². The van der Waals surface area contributed by atoms with Gasteiger partial charge in [-0.1, -0.05) is 17.4 Å². The lowest BCUT2D eigenvalue weighted by Gasteiger charge is -2.21. The van der Waals surface area contributed by atoms with Crippen LogP contribution in [0.5, 0.6) is 17.2 Å². The van der Waals surface area contributed by atoms with Gasteiger partial charge in [-0.3, -0.25) is 14.7 Å². The van der Waals surface area contributed by atoms with E-state index in [0.29, 0.717) is 28.8 Å². The molecule has 0 aliphatic heterocycles. The summed E-state index contributed by atoms with van der Waals surface area (Å²) in [5.41, 5.74) is 1.93. The van der Waals surface area contributed by atoms with Crippen molar-refractivity contribution in [1.29, 1.82) is 0 Å². The van der Waals surface area contributed by atoms with Crippen LogP contribution >= 0.6 is 11.3 Å². The van der Waals surface area contributed by atoms with Gasteiger partial charge in [0.25, 0.3) is 5.91 Å². The van der Waals surface area contributed by atoms with E-state index in [0.717, 1.165) is 21.7 Å². The van der Waals surface area contributed by atoms with Crippen LogP contribution in [-0.2, 0) is 6.54 Å². The van der Waals surface area contributed by atoms with E-state index in [1.54, 1.807) is 36.4 Å². The number of methoxy groups -OCH3 is 2. The molecule has 1 amide bonds. The Kier molecular flexibility index (Phi) is 6.51. The number of thiazole rings is 1. The molecule has 164 valence electrons. The summed E-state index contributed by atoms with van der Waals surface area (Å²) in [6, 6.07) is 16.5. The van der Waals surface area contributed by atoms with E-state index in [4.69, 9.17) is 19.2 Å². The van der Waals surface area contributed by atoms with Crippen molar-refractivity contribution in [3.8, 4) is 17.2 Å². The van der Waals surface area contributed by atoms with Crippen molar-refractivity contribution in [3.63, 3.8) is 0 Å². The van der Waals surface area contributed by atoms with Crippen LogP contribution in [-0.4, -0.2) is 36.7 Å². The van der Waals surface area contributed by atoms with Gasteiger partial charge in [0.2, 0.25) is 0 Å². The molecule has 4 rings (SSSR count). The summed E-state index contributed by atoms with van der Waals surface area (Å²) in [5.74, 6) is 1.54. The summed E-state index contributed by atoms with van der Waals surface area (Å²) < 4.78 is 17.3. The van der Waals surface area contributed by atoms with Crippen LogP contribution in [0.2, 0.25) is 0 Å². The first-order valence-corrected chi connectivity index (χ1v) is 10.9. The average Bonchev–Trinajstić information content (AvgIpc) is 3.25. The van der Waals surface area contributed by atoms with Crippen LogP contribution < -0.4 is 19.1 Å². The van der Waals surface area contributed by atoms with E-state index in [2.05, 4.69) is 4.98 Å². The van der Waals surface area contributed by atoms with Gasteiger partial charge in [-0.05, 0) is 55.5 Å². The van der Waals surface area contributed by atoms with Crippen molar-refractivity contribution < 1.29 is 19.0 Å². The number of pyridine rings is 1. The minimum atomic E-state index is -0.254. The molecule has 0 aliphatic rings. The number of hydrogen-bond donors (Lipinski definition) is 0. The SMILES string of the molecule is CCOc1ccc2nc(N(Cc3ccccn3)C(=O)c3cc(OC)ccc3OC)sc2c1. The first-order chi connectivity index (χ1) is 15.6. The van der Waals surface area contributed by atoms with Crippen molar-refractivity contribution in [2.24, 2.45) is 0 Å². The number of carbonyl (C=O) groups excluding carboxylic acids is 1. The highest BCUT2D eigenvalue weighted by atomic mass is 32.1. The lowest BCUT2D eigenvalue weighted by atomic mass is 10.1. The second kappa shape index (κ2) is 9.65. The number of anilines is 1. The highest BCUT2D eigenvalue weighted by molar-refractivity contribution is 7.22. The Morgan fingerprint density at radius 3 is 2.59 bits per heavy atom. The number of rotatable bonds is 8. The number of aromatic nitrogens is 2. The summed E-state index contributed by atoms with van der Waals surface area (Å²) in [6.45, 7) is 2.78. The molecule has 0 aliphatic carbocycles. The number of benzene rings is 2. The van der Waals surface area contributed by atoms with Gasteiger partial charge >= 0.3 is 0 Å². The lowest BCUT2D eigenvalue weighted by Crippen LogP contribution is -2.31.